The number of phenols is 1. The quantitative estimate of drug-likeness (QED) is 0.707. The second-order valence-electron chi connectivity index (χ2n) is 4.64. The summed E-state index contributed by atoms with van der Waals surface area (Å²) in [6.07, 6.45) is 1.58. The van der Waals surface area contributed by atoms with Gasteiger partial charge in [0.25, 0.3) is 5.91 Å². The molecule has 1 saturated heterocycles. The molecule has 1 heterocycles. The van der Waals surface area contributed by atoms with Gasteiger partial charge < -0.3 is 10.4 Å². The highest BCUT2D eigenvalue weighted by Gasteiger charge is 2.24. The molecule has 0 aliphatic carbocycles. The van der Waals surface area contributed by atoms with E-state index in [1.807, 2.05) is 30.3 Å². The zero-order valence-electron chi connectivity index (χ0n) is 11.6. The van der Waals surface area contributed by atoms with Crippen molar-refractivity contribution in [3.63, 3.8) is 0 Å². The number of aromatic hydroxyl groups is 1. The van der Waals surface area contributed by atoms with E-state index in [1.54, 1.807) is 18.2 Å². The van der Waals surface area contributed by atoms with Crippen LogP contribution in [0.15, 0.2) is 56.8 Å². The number of rotatable bonds is 2. The topological polar surface area (TPSA) is 61.7 Å². The second kappa shape index (κ2) is 6.78. The van der Waals surface area contributed by atoms with Crippen molar-refractivity contribution in [1.82, 2.24) is 5.32 Å². The van der Waals surface area contributed by atoms with Crippen molar-refractivity contribution in [3.05, 3.63) is 62.4 Å². The van der Waals surface area contributed by atoms with Crippen molar-refractivity contribution < 1.29 is 9.90 Å². The van der Waals surface area contributed by atoms with Crippen LogP contribution in [0.1, 0.15) is 5.56 Å². The minimum absolute atomic E-state index is 0.0655. The number of aliphatic imine (C=N–C) groups is 1. The van der Waals surface area contributed by atoms with Gasteiger partial charge in [-0.3, -0.25) is 4.79 Å². The Morgan fingerprint density at radius 1 is 1.26 bits per heavy atom. The maximum absolute atomic E-state index is 12.1. The largest absolute Gasteiger partial charge is 0.506 e. The van der Waals surface area contributed by atoms with Crippen molar-refractivity contribution in [2.45, 2.75) is 0 Å². The van der Waals surface area contributed by atoms with Gasteiger partial charge in [0.05, 0.1) is 15.6 Å². The summed E-state index contributed by atoms with van der Waals surface area (Å²) in [4.78, 5) is 16.9. The minimum atomic E-state index is -0.264. The SMILES string of the molecule is O=C1NC(=Nc2ccccc2)S/C1=C/c1cc(Br)cc(Cl)c1O. The van der Waals surface area contributed by atoms with E-state index < -0.39 is 0 Å². The number of nitrogens with one attached hydrogen (secondary N) is 1. The maximum Gasteiger partial charge on any atom is 0.264 e. The molecule has 0 spiro atoms. The maximum atomic E-state index is 12.1. The van der Waals surface area contributed by atoms with Crippen molar-refractivity contribution >= 4 is 62.1 Å². The summed E-state index contributed by atoms with van der Waals surface area (Å²) in [6, 6.07) is 12.6. The average Bonchev–Trinajstić information content (AvgIpc) is 2.85. The highest BCUT2D eigenvalue weighted by Crippen LogP contribution is 2.35. The van der Waals surface area contributed by atoms with Gasteiger partial charge in [-0.05, 0) is 42.1 Å². The Labute approximate surface area is 150 Å². The molecular formula is C16H10BrClN2O2S. The van der Waals surface area contributed by atoms with Crippen molar-refractivity contribution in [2.75, 3.05) is 0 Å². The van der Waals surface area contributed by atoms with E-state index >= 15 is 0 Å². The molecule has 0 saturated carbocycles. The van der Waals surface area contributed by atoms with Crippen LogP contribution < -0.4 is 5.32 Å². The van der Waals surface area contributed by atoms with E-state index in [-0.39, 0.29) is 16.7 Å². The summed E-state index contributed by atoms with van der Waals surface area (Å²) in [5, 5.41) is 13.4. The third-order valence-electron chi connectivity index (χ3n) is 2.98. The zero-order valence-corrected chi connectivity index (χ0v) is 14.7. The number of amidine groups is 1. The van der Waals surface area contributed by atoms with Gasteiger partial charge in [0, 0.05) is 10.0 Å². The van der Waals surface area contributed by atoms with Crippen molar-refractivity contribution in [1.29, 1.82) is 0 Å². The Bertz CT molecular complexity index is 837. The van der Waals surface area contributed by atoms with Gasteiger partial charge in [-0.2, -0.15) is 0 Å². The van der Waals surface area contributed by atoms with Gasteiger partial charge in [-0.25, -0.2) is 4.99 Å². The van der Waals surface area contributed by atoms with Crippen LogP contribution >= 0.6 is 39.3 Å². The van der Waals surface area contributed by atoms with Crippen LogP contribution in [-0.4, -0.2) is 16.2 Å². The number of amides is 1. The predicted molar refractivity (Wildman–Crippen MR) is 98.1 cm³/mol. The molecule has 4 nitrogen and oxygen atoms in total. The first-order valence-corrected chi connectivity index (χ1v) is 8.54. The molecule has 116 valence electrons. The van der Waals surface area contributed by atoms with Crippen LogP contribution in [0.25, 0.3) is 6.08 Å². The van der Waals surface area contributed by atoms with Gasteiger partial charge in [-0.15, -0.1) is 0 Å². The first-order valence-electron chi connectivity index (χ1n) is 6.55. The van der Waals surface area contributed by atoms with Gasteiger partial charge in [0.1, 0.15) is 5.75 Å². The van der Waals surface area contributed by atoms with Crippen LogP contribution in [0.3, 0.4) is 0 Å². The van der Waals surface area contributed by atoms with E-state index in [9.17, 15) is 9.90 Å². The van der Waals surface area contributed by atoms with E-state index in [2.05, 4.69) is 26.2 Å². The number of carbonyl (C=O) groups is 1. The zero-order chi connectivity index (χ0) is 16.4. The van der Waals surface area contributed by atoms with Crippen LogP contribution in [0, 0.1) is 0 Å². The summed E-state index contributed by atoms with van der Waals surface area (Å²) >= 11 is 10.5. The Morgan fingerprint density at radius 2 is 2.00 bits per heavy atom. The molecule has 0 radical (unpaired) electrons. The lowest BCUT2D eigenvalue weighted by molar-refractivity contribution is -0.115. The molecule has 2 N–H and O–H groups in total. The highest BCUT2D eigenvalue weighted by atomic mass is 79.9. The Balaban J connectivity index is 1.90. The molecule has 1 aliphatic rings. The van der Waals surface area contributed by atoms with Crippen molar-refractivity contribution in [3.8, 4) is 5.75 Å². The van der Waals surface area contributed by atoms with Crippen LogP contribution in [0.2, 0.25) is 5.02 Å². The van der Waals surface area contributed by atoms with Crippen LogP contribution in [0.4, 0.5) is 5.69 Å². The number of nitrogens with zero attached hydrogens (tertiary/aromatic N) is 1. The van der Waals surface area contributed by atoms with Gasteiger partial charge in [0.2, 0.25) is 0 Å². The lowest BCUT2D eigenvalue weighted by Gasteiger charge is -2.03. The predicted octanol–water partition coefficient (Wildman–Crippen LogP) is 4.70. The molecule has 23 heavy (non-hydrogen) atoms. The normalized spacial score (nSPS) is 17.7. The fourth-order valence-corrected chi connectivity index (χ4v) is 3.60. The minimum Gasteiger partial charge on any atom is -0.506 e. The Kier molecular flexibility index (Phi) is 4.75. The van der Waals surface area contributed by atoms with Crippen LogP contribution in [-0.2, 0) is 4.79 Å². The molecule has 7 heteroatoms. The number of carbonyl (C=O) groups excluding carboxylic acids is 1. The van der Waals surface area contributed by atoms with E-state index in [0.29, 0.717) is 20.1 Å². The molecule has 2 aromatic carbocycles. The third kappa shape index (κ3) is 3.77. The Morgan fingerprint density at radius 3 is 2.74 bits per heavy atom. The molecule has 0 aromatic heterocycles. The fourth-order valence-electron chi connectivity index (χ4n) is 1.94. The summed E-state index contributed by atoms with van der Waals surface area (Å²) in [6.45, 7) is 0. The number of hydrogen-bond donors (Lipinski definition) is 2. The molecule has 0 unspecified atom stereocenters. The summed E-state index contributed by atoms with van der Waals surface area (Å²) < 4.78 is 0.716. The Hall–Kier alpha value is -1.76. The number of para-hydroxylation sites is 1. The van der Waals surface area contributed by atoms with Gasteiger partial charge >= 0.3 is 0 Å². The number of halogens is 2. The molecule has 1 fully saturated rings. The smallest absolute Gasteiger partial charge is 0.264 e. The van der Waals surface area contributed by atoms with Crippen molar-refractivity contribution in [2.24, 2.45) is 4.99 Å². The molecule has 0 atom stereocenters. The summed E-state index contributed by atoms with van der Waals surface area (Å²) in [7, 11) is 0. The molecular weight excluding hydrogens is 400 g/mol. The van der Waals surface area contributed by atoms with Gasteiger partial charge in [0.15, 0.2) is 5.17 Å². The number of phenolic OH excluding ortho intramolecular Hbond substituents is 1. The monoisotopic (exact) mass is 408 g/mol. The van der Waals surface area contributed by atoms with E-state index in [1.165, 1.54) is 11.8 Å². The molecule has 2 aromatic rings. The molecule has 1 aliphatic heterocycles. The standard InChI is InChI=1S/C16H10BrClN2O2S/c17-10-6-9(14(21)12(18)8-10)7-13-15(22)20-16(23-13)19-11-4-2-1-3-5-11/h1-8,21H,(H,19,20,22)/b13-7+. The summed E-state index contributed by atoms with van der Waals surface area (Å²) in [5.41, 5.74) is 1.22. The number of hydrogen-bond acceptors (Lipinski definition) is 4. The number of thioether (sulfide) groups is 1. The lowest BCUT2D eigenvalue weighted by atomic mass is 10.2. The first-order chi connectivity index (χ1) is 11.0. The van der Waals surface area contributed by atoms with Crippen LogP contribution in [0.5, 0.6) is 5.75 Å². The second-order valence-corrected chi connectivity index (χ2v) is 7.00. The third-order valence-corrected chi connectivity index (χ3v) is 4.64. The molecule has 3 rings (SSSR count). The number of benzene rings is 2. The molecule has 0 bridgehead atoms. The fraction of sp³-hybridized carbons (Fsp3) is 0. The van der Waals surface area contributed by atoms with E-state index in [0.717, 1.165) is 5.69 Å². The van der Waals surface area contributed by atoms with E-state index in [4.69, 9.17) is 11.6 Å². The molecule has 1 amide bonds. The lowest BCUT2D eigenvalue weighted by Crippen LogP contribution is -2.19. The highest BCUT2D eigenvalue weighted by molar-refractivity contribution is 9.10. The first kappa shape index (κ1) is 16.1. The van der Waals surface area contributed by atoms with Gasteiger partial charge in [-0.1, -0.05) is 45.7 Å². The summed E-state index contributed by atoms with van der Waals surface area (Å²) in [5.74, 6) is -0.329. The average molecular weight is 410 g/mol.